The molecule has 0 fully saturated rings. The van der Waals surface area contributed by atoms with Crippen LogP contribution in [0.2, 0.25) is 0 Å². The van der Waals surface area contributed by atoms with Gasteiger partial charge in [0.1, 0.15) is 5.69 Å². The van der Waals surface area contributed by atoms with Crippen LogP contribution in [0.25, 0.3) is 0 Å². The number of unbranched alkanes of at least 4 members (excludes halogenated alkanes) is 3. The predicted molar refractivity (Wildman–Crippen MR) is 70.1 cm³/mol. The lowest BCUT2D eigenvalue weighted by molar-refractivity contribution is -0.137. The zero-order valence-electron chi connectivity index (χ0n) is 10.6. The molecule has 1 heterocycles. The maximum Gasteiger partial charge on any atom is 0.303 e. The van der Waals surface area contributed by atoms with Gasteiger partial charge in [-0.2, -0.15) is 0 Å². The van der Waals surface area contributed by atoms with E-state index in [4.69, 9.17) is 5.11 Å². The molecule has 0 aromatic carbocycles. The fourth-order valence-electron chi connectivity index (χ4n) is 1.63. The summed E-state index contributed by atoms with van der Waals surface area (Å²) in [5, 5.41) is 11.2. The summed E-state index contributed by atoms with van der Waals surface area (Å²) < 4.78 is 0. The highest BCUT2D eigenvalue weighted by Gasteiger charge is 2.04. The Kier molecular flexibility index (Phi) is 6.35. The topological polar surface area (TPSA) is 99.3 Å². The quantitative estimate of drug-likeness (QED) is 0.614. The number of amides is 1. The van der Waals surface area contributed by atoms with Gasteiger partial charge in [0.15, 0.2) is 0 Å². The average Bonchev–Trinajstić information content (AvgIpc) is 2.37. The summed E-state index contributed by atoms with van der Waals surface area (Å²) in [7, 11) is 0. The zero-order valence-corrected chi connectivity index (χ0v) is 10.6. The zero-order chi connectivity index (χ0) is 14.1. The lowest BCUT2D eigenvalue weighted by atomic mass is 10.1. The Balaban J connectivity index is 2.14. The Morgan fingerprint density at radius 2 is 1.89 bits per heavy atom. The first-order chi connectivity index (χ1) is 9.09. The Morgan fingerprint density at radius 3 is 2.58 bits per heavy atom. The Morgan fingerprint density at radius 1 is 1.16 bits per heavy atom. The monoisotopic (exact) mass is 266 g/mol. The van der Waals surface area contributed by atoms with E-state index in [1.165, 1.54) is 12.1 Å². The van der Waals surface area contributed by atoms with E-state index >= 15 is 0 Å². The Hall–Kier alpha value is -2.11. The van der Waals surface area contributed by atoms with Crippen LogP contribution in [0.15, 0.2) is 23.0 Å². The number of pyridine rings is 1. The van der Waals surface area contributed by atoms with Crippen molar-refractivity contribution in [3.05, 3.63) is 34.2 Å². The van der Waals surface area contributed by atoms with E-state index in [1.54, 1.807) is 6.07 Å². The molecule has 0 saturated heterocycles. The second-order valence-electron chi connectivity index (χ2n) is 4.24. The number of aromatic nitrogens is 1. The van der Waals surface area contributed by atoms with Crippen molar-refractivity contribution in [2.45, 2.75) is 32.1 Å². The number of carbonyl (C=O) groups excluding carboxylic acids is 1. The van der Waals surface area contributed by atoms with Gasteiger partial charge in [-0.15, -0.1) is 0 Å². The maximum absolute atomic E-state index is 11.6. The van der Waals surface area contributed by atoms with Gasteiger partial charge in [-0.25, -0.2) is 0 Å². The largest absolute Gasteiger partial charge is 0.481 e. The fraction of sp³-hybridized carbons (Fsp3) is 0.462. The predicted octanol–water partition coefficient (Wildman–Crippen LogP) is 1.14. The highest BCUT2D eigenvalue weighted by molar-refractivity contribution is 5.92. The molecule has 19 heavy (non-hydrogen) atoms. The van der Waals surface area contributed by atoms with Gasteiger partial charge in [0.25, 0.3) is 5.91 Å². The number of hydrogen-bond acceptors (Lipinski definition) is 3. The lowest BCUT2D eigenvalue weighted by Crippen LogP contribution is -2.27. The van der Waals surface area contributed by atoms with E-state index < -0.39 is 5.97 Å². The molecule has 1 aromatic heterocycles. The third-order valence-corrected chi connectivity index (χ3v) is 2.62. The molecule has 0 radical (unpaired) electrons. The third kappa shape index (κ3) is 6.40. The molecule has 1 rings (SSSR count). The van der Waals surface area contributed by atoms with Crippen LogP contribution in [0.4, 0.5) is 0 Å². The third-order valence-electron chi connectivity index (χ3n) is 2.62. The molecule has 104 valence electrons. The lowest BCUT2D eigenvalue weighted by Gasteiger charge is -2.04. The first kappa shape index (κ1) is 14.9. The number of carboxylic acid groups (broad SMARTS) is 1. The molecule has 0 unspecified atom stereocenters. The van der Waals surface area contributed by atoms with Crippen molar-refractivity contribution in [1.82, 2.24) is 10.3 Å². The standard InChI is InChI=1S/C13H18N2O4/c16-11-7-5-6-10(15-11)13(19)14-9-4-2-1-3-8-12(17)18/h5-7H,1-4,8-9H2,(H,14,19)(H,15,16)(H,17,18). The summed E-state index contributed by atoms with van der Waals surface area (Å²) in [4.78, 5) is 35.4. The normalized spacial score (nSPS) is 10.1. The van der Waals surface area contributed by atoms with E-state index in [2.05, 4.69) is 10.3 Å². The molecule has 6 heteroatoms. The molecular weight excluding hydrogens is 248 g/mol. The van der Waals surface area contributed by atoms with E-state index in [0.717, 1.165) is 19.3 Å². The van der Waals surface area contributed by atoms with Gasteiger partial charge in [-0.1, -0.05) is 18.9 Å². The second-order valence-corrected chi connectivity index (χ2v) is 4.24. The molecule has 3 N–H and O–H groups in total. The van der Waals surface area contributed by atoms with Crippen molar-refractivity contribution in [3.8, 4) is 0 Å². The highest BCUT2D eigenvalue weighted by atomic mass is 16.4. The Labute approximate surface area is 110 Å². The minimum atomic E-state index is -0.777. The molecule has 0 saturated carbocycles. The van der Waals surface area contributed by atoms with Crippen molar-refractivity contribution in [3.63, 3.8) is 0 Å². The van der Waals surface area contributed by atoms with Gasteiger partial charge in [-0.05, 0) is 18.9 Å². The van der Waals surface area contributed by atoms with E-state index in [-0.39, 0.29) is 23.6 Å². The van der Waals surface area contributed by atoms with Crippen molar-refractivity contribution < 1.29 is 14.7 Å². The first-order valence-electron chi connectivity index (χ1n) is 6.29. The molecule has 0 spiro atoms. The van der Waals surface area contributed by atoms with E-state index in [9.17, 15) is 14.4 Å². The minimum absolute atomic E-state index is 0.192. The second kappa shape index (κ2) is 8.07. The van der Waals surface area contributed by atoms with Crippen LogP contribution in [0.3, 0.4) is 0 Å². The number of aliphatic carboxylic acids is 1. The van der Waals surface area contributed by atoms with Crippen molar-refractivity contribution in [1.29, 1.82) is 0 Å². The number of carbonyl (C=O) groups is 2. The van der Waals surface area contributed by atoms with Crippen LogP contribution < -0.4 is 10.9 Å². The highest BCUT2D eigenvalue weighted by Crippen LogP contribution is 2.02. The van der Waals surface area contributed by atoms with Crippen LogP contribution in [-0.4, -0.2) is 28.5 Å². The van der Waals surface area contributed by atoms with Gasteiger partial charge in [0.05, 0.1) is 0 Å². The van der Waals surface area contributed by atoms with Crippen molar-refractivity contribution >= 4 is 11.9 Å². The first-order valence-corrected chi connectivity index (χ1v) is 6.29. The summed E-state index contributed by atoms with van der Waals surface area (Å²) in [6, 6.07) is 4.42. The van der Waals surface area contributed by atoms with Crippen LogP contribution in [0, 0.1) is 0 Å². The van der Waals surface area contributed by atoms with Crippen molar-refractivity contribution in [2.24, 2.45) is 0 Å². The summed E-state index contributed by atoms with van der Waals surface area (Å²) >= 11 is 0. The summed E-state index contributed by atoms with van der Waals surface area (Å²) in [6.45, 7) is 0.517. The number of carboxylic acids is 1. The van der Waals surface area contributed by atoms with Crippen LogP contribution >= 0.6 is 0 Å². The number of aromatic amines is 1. The van der Waals surface area contributed by atoms with Gasteiger partial charge in [-0.3, -0.25) is 14.4 Å². The molecule has 1 aromatic rings. The van der Waals surface area contributed by atoms with Crippen LogP contribution in [0.5, 0.6) is 0 Å². The molecule has 6 nitrogen and oxygen atoms in total. The van der Waals surface area contributed by atoms with E-state index in [1.807, 2.05) is 0 Å². The number of hydrogen-bond donors (Lipinski definition) is 3. The van der Waals surface area contributed by atoms with Gasteiger partial charge >= 0.3 is 5.97 Å². The number of nitrogens with one attached hydrogen (secondary N) is 2. The molecule has 0 atom stereocenters. The van der Waals surface area contributed by atoms with Gasteiger partial charge in [0, 0.05) is 19.0 Å². The molecular formula is C13H18N2O4. The smallest absolute Gasteiger partial charge is 0.303 e. The average molecular weight is 266 g/mol. The minimum Gasteiger partial charge on any atom is -0.481 e. The van der Waals surface area contributed by atoms with Crippen LogP contribution in [-0.2, 0) is 4.79 Å². The number of H-pyrrole nitrogens is 1. The number of rotatable bonds is 8. The Bertz CT molecular complexity index is 482. The molecule has 0 aliphatic carbocycles. The summed E-state index contributed by atoms with van der Waals surface area (Å²) in [5.74, 6) is -1.08. The van der Waals surface area contributed by atoms with E-state index in [0.29, 0.717) is 13.0 Å². The molecule has 0 aliphatic heterocycles. The molecule has 1 amide bonds. The molecule has 0 bridgehead atoms. The summed E-state index contributed by atoms with van der Waals surface area (Å²) in [6.07, 6.45) is 3.36. The molecule has 0 aliphatic rings. The fourth-order valence-corrected chi connectivity index (χ4v) is 1.63. The summed E-state index contributed by atoms with van der Waals surface area (Å²) in [5.41, 5.74) is -0.0558. The van der Waals surface area contributed by atoms with Gasteiger partial charge < -0.3 is 15.4 Å². The SMILES string of the molecule is O=C(O)CCCCCCNC(=O)c1cccc(=O)[nH]1. The van der Waals surface area contributed by atoms with Crippen LogP contribution in [0.1, 0.15) is 42.6 Å². The van der Waals surface area contributed by atoms with Crippen molar-refractivity contribution in [2.75, 3.05) is 6.54 Å². The van der Waals surface area contributed by atoms with Gasteiger partial charge in [0.2, 0.25) is 5.56 Å². The maximum atomic E-state index is 11.6.